The third-order valence-corrected chi connectivity index (χ3v) is 8.57. The molecule has 1 aromatic carbocycles. The topological polar surface area (TPSA) is 119 Å². The van der Waals surface area contributed by atoms with Gasteiger partial charge in [-0.05, 0) is 68.5 Å². The molecule has 6 rings (SSSR count). The molecule has 1 amide bonds. The van der Waals surface area contributed by atoms with E-state index in [1.165, 1.54) is 12.8 Å². The number of pyridine rings is 1. The number of nitriles is 1. The zero-order chi connectivity index (χ0) is 26.9. The number of carbonyl (C=O) groups excluding carboxylic acids is 1. The van der Waals surface area contributed by atoms with Gasteiger partial charge in [0, 0.05) is 68.3 Å². The molecule has 1 saturated heterocycles. The smallest absolute Gasteiger partial charge is 0.322 e. The van der Waals surface area contributed by atoms with Gasteiger partial charge in [-0.1, -0.05) is 12.1 Å². The summed E-state index contributed by atoms with van der Waals surface area (Å²) in [6.07, 6.45) is 7.21. The van der Waals surface area contributed by atoms with Gasteiger partial charge in [0.1, 0.15) is 5.65 Å². The number of nitrogens with one attached hydrogen (secondary N) is 2. The van der Waals surface area contributed by atoms with Gasteiger partial charge in [0.25, 0.3) is 5.56 Å². The largest absolute Gasteiger partial charge is 0.354 e. The highest BCUT2D eigenvalue weighted by Crippen LogP contribution is 2.33. The molecule has 204 valence electrons. The predicted molar refractivity (Wildman–Crippen MR) is 150 cm³/mol. The van der Waals surface area contributed by atoms with Crippen molar-refractivity contribution < 1.29 is 4.79 Å². The molecule has 2 saturated carbocycles. The zero-order valence-electron chi connectivity index (χ0n) is 22.5. The Balaban J connectivity index is 1.36. The number of amides is 1. The highest BCUT2D eigenvalue weighted by Gasteiger charge is 2.27. The van der Waals surface area contributed by atoms with E-state index in [1.807, 2.05) is 10.8 Å². The standard InChI is InChI=1S/C29H36N8O2/c1-35-10-12-36(13-11-35)18-20-4-9-23-24(14-20)28(39)37(22-7-5-21(6-8-22)33-26(38)15-30)27-25(23)17-32-29(34-27)31-16-19-2-3-19/h4,9,14,17,19,21-22H,2-3,5-8,10-13,16,18H2,1H3,(H,33,38)(H,31,32,34)/t21-,22-. The Labute approximate surface area is 228 Å². The van der Waals surface area contributed by atoms with Gasteiger partial charge >= 0.3 is 5.91 Å². The van der Waals surface area contributed by atoms with Crippen LogP contribution in [0.15, 0.2) is 29.2 Å². The van der Waals surface area contributed by atoms with Gasteiger partial charge in [0.15, 0.2) is 6.07 Å². The van der Waals surface area contributed by atoms with Crippen LogP contribution in [-0.4, -0.2) is 76.1 Å². The molecular weight excluding hydrogens is 492 g/mol. The molecule has 3 heterocycles. The number of fused-ring (bicyclic) bond motifs is 3. The molecule has 10 heteroatoms. The first kappa shape index (κ1) is 25.7. The summed E-state index contributed by atoms with van der Waals surface area (Å²) in [6, 6.07) is 7.81. The van der Waals surface area contributed by atoms with E-state index in [0.717, 1.165) is 68.4 Å². The van der Waals surface area contributed by atoms with Crippen LogP contribution in [0.3, 0.4) is 0 Å². The van der Waals surface area contributed by atoms with Gasteiger partial charge < -0.3 is 15.5 Å². The number of anilines is 1. The summed E-state index contributed by atoms with van der Waals surface area (Å²) >= 11 is 0. The van der Waals surface area contributed by atoms with Crippen LogP contribution in [0.25, 0.3) is 21.8 Å². The van der Waals surface area contributed by atoms with Crippen LogP contribution in [0, 0.1) is 17.2 Å². The quantitative estimate of drug-likeness (QED) is 0.355. The number of rotatable bonds is 7. The van der Waals surface area contributed by atoms with Gasteiger partial charge in [0.2, 0.25) is 5.95 Å². The molecule has 0 radical (unpaired) electrons. The minimum atomic E-state index is -0.598. The molecular formula is C29H36N8O2. The fraction of sp³-hybridized carbons (Fsp3) is 0.552. The number of hydrogen-bond donors (Lipinski definition) is 2. The van der Waals surface area contributed by atoms with E-state index in [-0.39, 0.29) is 17.6 Å². The molecule has 10 nitrogen and oxygen atoms in total. The Morgan fingerprint density at radius 1 is 1.05 bits per heavy atom. The summed E-state index contributed by atoms with van der Waals surface area (Å²) < 4.78 is 1.88. The van der Waals surface area contributed by atoms with Crippen LogP contribution in [0.4, 0.5) is 5.95 Å². The van der Waals surface area contributed by atoms with Gasteiger partial charge in [-0.15, -0.1) is 0 Å². The Kier molecular flexibility index (Phi) is 7.19. The van der Waals surface area contributed by atoms with Gasteiger partial charge in [-0.3, -0.25) is 19.1 Å². The molecule has 0 atom stereocenters. The molecule has 39 heavy (non-hydrogen) atoms. The lowest BCUT2D eigenvalue weighted by Gasteiger charge is -2.32. The first-order valence-electron chi connectivity index (χ1n) is 14.2. The molecule has 3 aliphatic rings. The van der Waals surface area contributed by atoms with E-state index in [1.54, 1.807) is 6.07 Å². The van der Waals surface area contributed by atoms with Crippen molar-refractivity contribution in [3.8, 4) is 6.07 Å². The molecule has 3 aromatic rings. The lowest BCUT2D eigenvalue weighted by atomic mass is 9.90. The third kappa shape index (κ3) is 5.60. The van der Waals surface area contributed by atoms with Crippen molar-refractivity contribution >= 4 is 33.7 Å². The van der Waals surface area contributed by atoms with Crippen LogP contribution >= 0.6 is 0 Å². The van der Waals surface area contributed by atoms with Crippen LogP contribution in [0.1, 0.15) is 50.1 Å². The second-order valence-electron chi connectivity index (χ2n) is 11.5. The SMILES string of the molecule is CN1CCN(Cc2ccc3c(c2)c(=O)n([C@H]2CC[C@H](NC(=O)C#N)CC2)c2nc(NCC4CC4)ncc32)CC1. The van der Waals surface area contributed by atoms with E-state index in [2.05, 4.69) is 50.7 Å². The molecule has 2 aromatic heterocycles. The number of nitrogens with zero attached hydrogens (tertiary/aromatic N) is 6. The number of hydrogen-bond acceptors (Lipinski definition) is 8. The molecule has 1 aliphatic heterocycles. The van der Waals surface area contributed by atoms with E-state index < -0.39 is 5.91 Å². The van der Waals surface area contributed by atoms with Gasteiger partial charge in [-0.2, -0.15) is 10.2 Å². The van der Waals surface area contributed by atoms with Crippen molar-refractivity contribution in [3.63, 3.8) is 0 Å². The second-order valence-corrected chi connectivity index (χ2v) is 11.5. The molecule has 3 fully saturated rings. The fourth-order valence-electron chi connectivity index (χ4n) is 6.02. The molecule has 0 spiro atoms. The Morgan fingerprint density at radius 2 is 1.82 bits per heavy atom. The summed E-state index contributed by atoms with van der Waals surface area (Å²) in [7, 11) is 2.15. The minimum Gasteiger partial charge on any atom is -0.354 e. The lowest BCUT2D eigenvalue weighted by Crippen LogP contribution is -2.43. The van der Waals surface area contributed by atoms with E-state index >= 15 is 0 Å². The van der Waals surface area contributed by atoms with Crippen molar-refractivity contribution in [3.05, 3.63) is 40.3 Å². The summed E-state index contributed by atoms with van der Waals surface area (Å²) in [5.74, 6) is 0.642. The molecule has 0 unspecified atom stereocenters. The summed E-state index contributed by atoms with van der Waals surface area (Å²) in [5, 5.41) is 17.5. The molecule has 0 bridgehead atoms. The number of carbonyl (C=O) groups is 1. The average Bonchev–Trinajstić information content (AvgIpc) is 3.79. The highest BCUT2D eigenvalue weighted by atomic mass is 16.1. The molecule has 2 aliphatic carbocycles. The van der Waals surface area contributed by atoms with Crippen molar-refractivity contribution in [2.45, 2.75) is 57.2 Å². The van der Waals surface area contributed by atoms with Crippen molar-refractivity contribution in [1.29, 1.82) is 5.26 Å². The average molecular weight is 529 g/mol. The van der Waals surface area contributed by atoms with E-state index in [0.29, 0.717) is 35.7 Å². The van der Waals surface area contributed by atoms with Crippen LogP contribution in [-0.2, 0) is 11.3 Å². The van der Waals surface area contributed by atoms with Crippen LogP contribution in [0.5, 0.6) is 0 Å². The molecule has 2 N–H and O–H groups in total. The fourth-order valence-corrected chi connectivity index (χ4v) is 6.02. The Bertz CT molecular complexity index is 1470. The van der Waals surface area contributed by atoms with E-state index in [4.69, 9.17) is 10.2 Å². The zero-order valence-corrected chi connectivity index (χ0v) is 22.5. The number of likely N-dealkylation sites (N-methyl/N-ethyl adjacent to an activating group) is 1. The lowest BCUT2D eigenvalue weighted by molar-refractivity contribution is -0.116. The maximum Gasteiger partial charge on any atom is 0.322 e. The summed E-state index contributed by atoms with van der Waals surface area (Å²) in [4.78, 5) is 40.1. The Hall–Kier alpha value is -3.55. The summed E-state index contributed by atoms with van der Waals surface area (Å²) in [6.45, 7) is 5.82. The number of piperazine rings is 1. The Morgan fingerprint density at radius 3 is 2.54 bits per heavy atom. The monoisotopic (exact) mass is 528 g/mol. The first-order chi connectivity index (χ1) is 19.0. The van der Waals surface area contributed by atoms with Crippen molar-refractivity contribution in [2.24, 2.45) is 5.92 Å². The maximum absolute atomic E-state index is 14.2. The minimum absolute atomic E-state index is 0.0194. The first-order valence-corrected chi connectivity index (χ1v) is 14.2. The number of benzene rings is 1. The van der Waals surface area contributed by atoms with Gasteiger partial charge in [-0.25, -0.2) is 4.98 Å². The van der Waals surface area contributed by atoms with Gasteiger partial charge in [0.05, 0.1) is 0 Å². The van der Waals surface area contributed by atoms with Crippen LogP contribution < -0.4 is 16.2 Å². The summed E-state index contributed by atoms with van der Waals surface area (Å²) in [5.41, 5.74) is 1.79. The normalized spacial score (nSPS) is 22.6. The van der Waals surface area contributed by atoms with E-state index in [9.17, 15) is 9.59 Å². The predicted octanol–water partition coefficient (Wildman–Crippen LogP) is 2.64. The third-order valence-electron chi connectivity index (χ3n) is 8.57. The van der Waals surface area contributed by atoms with Crippen molar-refractivity contribution in [2.75, 3.05) is 45.1 Å². The van der Waals surface area contributed by atoms with Crippen LogP contribution in [0.2, 0.25) is 0 Å². The highest BCUT2D eigenvalue weighted by molar-refractivity contribution is 6.04. The number of aromatic nitrogens is 3. The maximum atomic E-state index is 14.2. The van der Waals surface area contributed by atoms with Crippen molar-refractivity contribution in [1.82, 2.24) is 29.7 Å². The second kappa shape index (κ2) is 10.9.